The number of rotatable bonds is 9. The van der Waals surface area contributed by atoms with E-state index in [2.05, 4.69) is 12.2 Å². The van der Waals surface area contributed by atoms with Crippen LogP contribution in [0.1, 0.15) is 33.6 Å². The molecule has 1 aliphatic heterocycles. The molecular formula is C15H30N2O3. The molecule has 1 rings (SSSR count). The van der Waals surface area contributed by atoms with Crippen molar-refractivity contribution < 1.29 is 14.3 Å². The van der Waals surface area contributed by atoms with Crippen LogP contribution in [-0.4, -0.2) is 62.9 Å². The Bertz CT molecular complexity index is 264. The van der Waals surface area contributed by atoms with Crippen molar-refractivity contribution in [2.75, 3.05) is 46.1 Å². The fourth-order valence-electron chi connectivity index (χ4n) is 2.58. The smallest absolute Gasteiger partial charge is 0.225 e. The van der Waals surface area contributed by atoms with Gasteiger partial charge in [0.2, 0.25) is 5.91 Å². The van der Waals surface area contributed by atoms with Crippen LogP contribution in [0.2, 0.25) is 0 Å². The van der Waals surface area contributed by atoms with Gasteiger partial charge in [-0.25, -0.2) is 0 Å². The Morgan fingerprint density at radius 1 is 1.20 bits per heavy atom. The molecule has 0 aliphatic carbocycles. The normalized spacial score (nSPS) is 22.8. The summed E-state index contributed by atoms with van der Waals surface area (Å²) >= 11 is 0. The molecule has 20 heavy (non-hydrogen) atoms. The summed E-state index contributed by atoms with van der Waals surface area (Å²) in [6.45, 7) is 10.9. The van der Waals surface area contributed by atoms with Crippen molar-refractivity contribution in [3.63, 3.8) is 0 Å². The molecule has 1 aliphatic rings. The Balaban J connectivity index is 2.47. The van der Waals surface area contributed by atoms with Crippen molar-refractivity contribution in [1.29, 1.82) is 0 Å². The molecule has 1 fully saturated rings. The largest absolute Gasteiger partial charge is 0.380 e. The van der Waals surface area contributed by atoms with Crippen LogP contribution < -0.4 is 5.32 Å². The second-order valence-electron chi connectivity index (χ2n) is 5.30. The molecule has 1 N–H and O–H groups in total. The van der Waals surface area contributed by atoms with Crippen LogP contribution in [0, 0.1) is 5.92 Å². The van der Waals surface area contributed by atoms with Crippen molar-refractivity contribution in [3.8, 4) is 0 Å². The molecule has 1 saturated heterocycles. The molecule has 0 aromatic heterocycles. The molecule has 0 saturated carbocycles. The first-order valence-electron chi connectivity index (χ1n) is 7.86. The molecular weight excluding hydrogens is 256 g/mol. The zero-order chi connectivity index (χ0) is 14.8. The van der Waals surface area contributed by atoms with Crippen LogP contribution in [0.5, 0.6) is 0 Å². The van der Waals surface area contributed by atoms with Gasteiger partial charge in [0.1, 0.15) is 0 Å². The van der Waals surface area contributed by atoms with Crippen molar-refractivity contribution >= 4 is 5.91 Å². The van der Waals surface area contributed by atoms with Crippen LogP contribution in [0.4, 0.5) is 0 Å². The van der Waals surface area contributed by atoms with Crippen molar-refractivity contribution in [1.82, 2.24) is 10.2 Å². The first-order chi connectivity index (χ1) is 9.69. The SMILES string of the molecule is CCOCCN(CCOCC)C(=O)C1CCNC(C)C1. The molecule has 0 radical (unpaired) electrons. The second-order valence-corrected chi connectivity index (χ2v) is 5.30. The number of ether oxygens (including phenoxy) is 2. The number of amides is 1. The molecule has 0 aromatic carbocycles. The molecule has 0 spiro atoms. The maximum absolute atomic E-state index is 12.6. The molecule has 1 heterocycles. The van der Waals surface area contributed by atoms with Crippen LogP contribution in [0.25, 0.3) is 0 Å². The number of piperidine rings is 1. The van der Waals surface area contributed by atoms with E-state index in [-0.39, 0.29) is 11.8 Å². The molecule has 0 bridgehead atoms. The zero-order valence-electron chi connectivity index (χ0n) is 13.2. The van der Waals surface area contributed by atoms with Crippen LogP contribution in [0.15, 0.2) is 0 Å². The maximum Gasteiger partial charge on any atom is 0.225 e. The van der Waals surface area contributed by atoms with Gasteiger partial charge in [0, 0.05) is 38.3 Å². The molecule has 0 aromatic rings. The van der Waals surface area contributed by atoms with Crippen LogP contribution in [-0.2, 0) is 14.3 Å². The van der Waals surface area contributed by atoms with E-state index in [9.17, 15) is 4.79 Å². The van der Waals surface area contributed by atoms with E-state index in [0.717, 1.165) is 19.4 Å². The highest BCUT2D eigenvalue weighted by atomic mass is 16.5. The van der Waals surface area contributed by atoms with Gasteiger partial charge in [-0.15, -0.1) is 0 Å². The summed E-state index contributed by atoms with van der Waals surface area (Å²) in [6.07, 6.45) is 1.86. The van der Waals surface area contributed by atoms with Gasteiger partial charge in [0.15, 0.2) is 0 Å². The van der Waals surface area contributed by atoms with Gasteiger partial charge in [0.25, 0.3) is 0 Å². The predicted octanol–water partition coefficient (Wildman–Crippen LogP) is 1.28. The van der Waals surface area contributed by atoms with Crippen LogP contribution >= 0.6 is 0 Å². The minimum absolute atomic E-state index is 0.148. The summed E-state index contributed by atoms with van der Waals surface area (Å²) in [7, 11) is 0. The lowest BCUT2D eigenvalue weighted by Crippen LogP contribution is -2.46. The van der Waals surface area contributed by atoms with E-state index in [1.54, 1.807) is 0 Å². The average molecular weight is 286 g/mol. The maximum atomic E-state index is 12.6. The minimum Gasteiger partial charge on any atom is -0.380 e. The minimum atomic E-state index is 0.148. The molecule has 118 valence electrons. The Morgan fingerprint density at radius 3 is 2.30 bits per heavy atom. The lowest BCUT2D eigenvalue weighted by atomic mass is 9.92. The molecule has 5 nitrogen and oxygen atoms in total. The lowest BCUT2D eigenvalue weighted by molar-refractivity contribution is -0.138. The van der Waals surface area contributed by atoms with Gasteiger partial charge in [-0.05, 0) is 40.2 Å². The van der Waals surface area contributed by atoms with Crippen LogP contribution in [0.3, 0.4) is 0 Å². The van der Waals surface area contributed by atoms with E-state index in [1.165, 1.54) is 0 Å². The molecule has 5 heteroatoms. The summed E-state index contributed by atoms with van der Waals surface area (Å²) in [5, 5.41) is 3.39. The molecule has 2 unspecified atom stereocenters. The lowest BCUT2D eigenvalue weighted by Gasteiger charge is -2.32. The highest BCUT2D eigenvalue weighted by Crippen LogP contribution is 2.18. The Labute approximate surface area is 123 Å². The summed E-state index contributed by atoms with van der Waals surface area (Å²) in [5.74, 6) is 0.409. The van der Waals surface area contributed by atoms with Crippen molar-refractivity contribution in [2.45, 2.75) is 39.7 Å². The fraction of sp³-hybridized carbons (Fsp3) is 0.933. The van der Waals surface area contributed by atoms with E-state index in [4.69, 9.17) is 9.47 Å². The van der Waals surface area contributed by atoms with Gasteiger partial charge in [0.05, 0.1) is 13.2 Å². The van der Waals surface area contributed by atoms with Gasteiger partial charge in [-0.3, -0.25) is 4.79 Å². The van der Waals surface area contributed by atoms with Crippen molar-refractivity contribution in [2.24, 2.45) is 5.92 Å². The number of carbonyl (C=O) groups excluding carboxylic acids is 1. The highest BCUT2D eigenvalue weighted by Gasteiger charge is 2.28. The Morgan fingerprint density at radius 2 is 1.80 bits per heavy atom. The third kappa shape index (κ3) is 6.20. The second kappa shape index (κ2) is 10.1. The first-order valence-corrected chi connectivity index (χ1v) is 7.86. The number of nitrogens with zero attached hydrogens (tertiary/aromatic N) is 1. The quantitative estimate of drug-likeness (QED) is 0.649. The summed E-state index contributed by atoms with van der Waals surface area (Å²) in [5.41, 5.74) is 0. The van der Waals surface area contributed by atoms with E-state index < -0.39 is 0 Å². The number of carbonyl (C=O) groups is 1. The topological polar surface area (TPSA) is 50.8 Å². The summed E-state index contributed by atoms with van der Waals surface area (Å²) < 4.78 is 10.8. The summed E-state index contributed by atoms with van der Waals surface area (Å²) in [6, 6.07) is 0.429. The monoisotopic (exact) mass is 286 g/mol. The third-order valence-corrected chi connectivity index (χ3v) is 3.70. The number of hydrogen-bond acceptors (Lipinski definition) is 4. The average Bonchev–Trinajstić information content (AvgIpc) is 2.45. The van der Waals surface area contributed by atoms with Gasteiger partial charge in [-0.2, -0.15) is 0 Å². The summed E-state index contributed by atoms with van der Waals surface area (Å²) in [4.78, 5) is 14.5. The van der Waals surface area contributed by atoms with Gasteiger partial charge in [-0.1, -0.05) is 0 Å². The Kier molecular flexibility index (Phi) is 8.82. The Hall–Kier alpha value is -0.650. The molecule has 1 amide bonds. The highest BCUT2D eigenvalue weighted by molar-refractivity contribution is 5.79. The zero-order valence-corrected chi connectivity index (χ0v) is 13.2. The third-order valence-electron chi connectivity index (χ3n) is 3.70. The predicted molar refractivity (Wildman–Crippen MR) is 79.8 cm³/mol. The number of nitrogens with one attached hydrogen (secondary N) is 1. The number of hydrogen-bond donors (Lipinski definition) is 1. The molecule has 2 atom stereocenters. The fourth-order valence-corrected chi connectivity index (χ4v) is 2.58. The first kappa shape index (κ1) is 17.4. The van der Waals surface area contributed by atoms with E-state index in [0.29, 0.717) is 45.6 Å². The van der Waals surface area contributed by atoms with Gasteiger partial charge >= 0.3 is 0 Å². The van der Waals surface area contributed by atoms with Crippen molar-refractivity contribution in [3.05, 3.63) is 0 Å². The van der Waals surface area contributed by atoms with E-state index in [1.807, 2.05) is 18.7 Å². The van der Waals surface area contributed by atoms with Gasteiger partial charge < -0.3 is 19.7 Å². The van der Waals surface area contributed by atoms with E-state index >= 15 is 0 Å². The standard InChI is InChI=1S/C15H30N2O3/c1-4-19-10-8-17(9-11-20-5-2)15(18)14-6-7-16-13(3)12-14/h13-14,16H,4-12H2,1-3H3.